The molecule has 92 valence electrons. The molecule has 0 aromatic heterocycles. The molecule has 1 heterocycles. The van der Waals surface area contributed by atoms with Gasteiger partial charge in [-0.1, -0.05) is 24.3 Å². The van der Waals surface area contributed by atoms with Crippen molar-refractivity contribution >= 4 is 6.09 Å². The van der Waals surface area contributed by atoms with Crippen molar-refractivity contribution in [1.82, 2.24) is 5.32 Å². The van der Waals surface area contributed by atoms with Gasteiger partial charge >= 0.3 is 6.09 Å². The summed E-state index contributed by atoms with van der Waals surface area (Å²) in [5, 5.41) is 2.35. The first kappa shape index (κ1) is 11.9. The zero-order valence-electron chi connectivity index (χ0n) is 9.48. The Morgan fingerprint density at radius 1 is 1.53 bits per heavy atom. The van der Waals surface area contributed by atoms with Gasteiger partial charge in [0.2, 0.25) is 0 Å². The van der Waals surface area contributed by atoms with Gasteiger partial charge in [-0.3, -0.25) is 0 Å². The van der Waals surface area contributed by atoms with Crippen LogP contribution in [-0.2, 0) is 9.47 Å². The van der Waals surface area contributed by atoms with Crippen molar-refractivity contribution in [2.75, 3.05) is 20.3 Å². The Hall–Kier alpha value is -1.62. The van der Waals surface area contributed by atoms with Gasteiger partial charge in [-0.25, -0.2) is 9.18 Å². The molecule has 2 atom stereocenters. The van der Waals surface area contributed by atoms with Gasteiger partial charge in [0.25, 0.3) is 0 Å². The van der Waals surface area contributed by atoms with E-state index in [1.165, 1.54) is 7.05 Å². The number of benzene rings is 1. The van der Waals surface area contributed by atoms with E-state index >= 15 is 0 Å². The van der Waals surface area contributed by atoms with Crippen LogP contribution in [0.1, 0.15) is 23.4 Å². The highest BCUT2D eigenvalue weighted by atomic mass is 19.1. The van der Waals surface area contributed by atoms with E-state index < -0.39 is 18.4 Å². The van der Waals surface area contributed by atoms with Crippen LogP contribution < -0.4 is 5.32 Å². The number of hydrogen-bond acceptors (Lipinski definition) is 3. The first-order valence-corrected chi connectivity index (χ1v) is 5.41. The van der Waals surface area contributed by atoms with Crippen LogP contribution in [0.2, 0.25) is 0 Å². The number of amides is 1. The molecule has 0 unspecified atom stereocenters. The first-order chi connectivity index (χ1) is 8.22. The maximum Gasteiger partial charge on any atom is 0.406 e. The molecule has 4 nitrogen and oxygen atoms in total. The lowest BCUT2D eigenvalue weighted by Gasteiger charge is -2.27. The number of hydrogen-bond donors (Lipinski definition) is 1. The Kier molecular flexibility index (Phi) is 3.58. The van der Waals surface area contributed by atoms with E-state index in [2.05, 4.69) is 5.32 Å². The maximum atomic E-state index is 13.6. The molecule has 0 radical (unpaired) electrons. The molecule has 1 amide bonds. The van der Waals surface area contributed by atoms with Crippen molar-refractivity contribution in [1.29, 1.82) is 0 Å². The summed E-state index contributed by atoms with van der Waals surface area (Å²) < 4.78 is 23.8. The Balaban J connectivity index is 2.10. The highest BCUT2D eigenvalue weighted by molar-refractivity contribution is 5.66. The molecule has 1 aliphatic heterocycles. The zero-order chi connectivity index (χ0) is 12.3. The van der Waals surface area contributed by atoms with Gasteiger partial charge in [0, 0.05) is 7.05 Å². The van der Waals surface area contributed by atoms with Crippen molar-refractivity contribution in [2.24, 2.45) is 0 Å². The van der Waals surface area contributed by atoms with Gasteiger partial charge < -0.3 is 14.8 Å². The fraction of sp³-hybridized carbons (Fsp3) is 0.417. The van der Waals surface area contributed by atoms with E-state index in [0.717, 1.165) is 5.56 Å². The molecule has 1 N–H and O–H groups in total. The molecule has 0 bridgehead atoms. The van der Waals surface area contributed by atoms with Crippen LogP contribution in [0, 0.1) is 0 Å². The summed E-state index contributed by atoms with van der Waals surface area (Å²) in [7, 11) is 1.48. The molecule has 0 aliphatic carbocycles. The van der Waals surface area contributed by atoms with Gasteiger partial charge in [0.05, 0.1) is 6.61 Å². The SMILES string of the molecule is CNC(=O)OC[C@@H]1OC[C@H](F)c2ccccc21. The Morgan fingerprint density at radius 3 is 2.94 bits per heavy atom. The number of rotatable bonds is 2. The van der Waals surface area contributed by atoms with Crippen molar-refractivity contribution in [3.05, 3.63) is 35.4 Å². The molecule has 2 rings (SSSR count). The minimum absolute atomic E-state index is 0.00121. The number of alkyl halides is 1. The zero-order valence-corrected chi connectivity index (χ0v) is 9.48. The average molecular weight is 239 g/mol. The molecule has 0 spiro atoms. The number of ether oxygens (including phenoxy) is 2. The summed E-state index contributed by atoms with van der Waals surface area (Å²) in [6, 6.07) is 7.12. The van der Waals surface area contributed by atoms with Crippen molar-refractivity contribution in [3.8, 4) is 0 Å². The smallest absolute Gasteiger partial charge is 0.406 e. The monoisotopic (exact) mass is 239 g/mol. The second kappa shape index (κ2) is 5.14. The summed E-state index contributed by atoms with van der Waals surface area (Å²) in [5.74, 6) is 0. The highest BCUT2D eigenvalue weighted by Crippen LogP contribution is 2.34. The molecule has 1 aliphatic rings. The predicted molar refractivity (Wildman–Crippen MR) is 59.4 cm³/mol. The summed E-state index contributed by atoms with van der Waals surface area (Å²) in [6.45, 7) is 0.0855. The van der Waals surface area contributed by atoms with Crippen LogP contribution in [0.5, 0.6) is 0 Å². The fourth-order valence-electron chi connectivity index (χ4n) is 1.83. The van der Waals surface area contributed by atoms with Crippen LogP contribution >= 0.6 is 0 Å². The van der Waals surface area contributed by atoms with Gasteiger partial charge in [-0.05, 0) is 11.1 Å². The Bertz CT molecular complexity index is 410. The van der Waals surface area contributed by atoms with Crippen LogP contribution in [-0.4, -0.2) is 26.4 Å². The fourth-order valence-corrected chi connectivity index (χ4v) is 1.83. The van der Waals surface area contributed by atoms with E-state index in [0.29, 0.717) is 5.56 Å². The predicted octanol–water partition coefficient (Wildman–Crippen LogP) is 2.12. The minimum Gasteiger partial charge on any atom is -0.446 e. The van der Waals surface area contributed by atoms with Crippen LogP contribution in [0.15, 0.2) is 24.3 Å². The largest absolute Gasteiger partial charge is 0.446 e. The van der Waals surface area contributed by atoms with E-state index in [-0.39, 0.29) is 13.2 Å². The summed E-state index contributed by atoms with van der Waals surface area (Å²) in [4.78, 5) is 11.0. The van der Waals surface area contributed by atoms with Crippen molar-refractivity contribution in [3.63, 3.8) is 0 Å². The van der Waals surface area contributed by atoms with Crippen molar-refractivity contribution in [2.45, 2.75) is 12.3 Å². The molecule has 1 aromatic carbocycles. The number of halogens is 1. The van der Waals surface area contributed by atoms with E-state index in [1.54, 1.807) is 18.2 Å². The molecule has 17 heavy (non-hydrogen) atoms. The third-order valence-electron chi connectivity index (χ3n) is 2.69. The van der Waals surface area contributed by atoms with Crippen LogP contribution in [0.4, 0.5) is 9.18 Å². The lowest BCUT2D eigenvalue weighted by atomic mass is 9.97. The summed E-state index contributed by atoms with van der Waals surface area (Å²) in [6.07, 6.45) is -2.02. The maximum absolute atomic E-state index is 13.6. The molecular weight excluding hydrogens is 225 g/mol. The number of alkyl carbamates (subject to hydrolysis) is 1. The Morgan fingerprint density at radius 2 is 2.24 bits per heavy atom. The average Bonchev–Trinajstić information content (AvgIpc) is 2.38. The normalized spacial score (nSPS) is 22.7. The lowest BCUT2D eigenvalue weighted by molar-refractivity contribution is -0.0328. The number of carbonyl (C=O) groups is 1. The molecular formula is C12H14FNO3. The highest BCUT2D eigenvalue weighted by Gasteiger charge is 2.28. The Labute approximate surface area is 98.7 Å². The summed E-state index contributed by atoms with van der Waals surface area (Å²) in [5.41, 5.74) is 1.36. The second-order valence-corrected chi connectivity index (χ2v) is 3.77. The standard InChI is InChI=1S/C12H14FNO3/c1-14-12(15)17-7-11-9-5-3-2-4-8(9)10(13)6-16-11/h2-5,10-11H,6-7H2,1H3,(H,14,15)/t10-,11-/m0/s1. The summed E-state index contributed by atoms with van der Waals surface area (Å²) >= 11 is 0. The number of nitrogens with one attached hydrogen (secondary N) is 1. The number of carbonyl (C=O) groups excluding carboxylic acids is 1. The van der Waals surface area contributed by atoms with Gasteiger partial charge in [-0.2, -0.15) is 0 Å². The van der Waals surface area contributed by atoms with Crippen LogP contribution in [0.25, 0.3) is 0 Å². The van der Waals surface area contributed by atoms with Gasteiger partial charge in [-0.15, -0.1) is 0 Å². The first-order valence-electron chi connectivity index (χ1n) is 5.41. The minimum atomic E-state index is -1.11. The van der Waals surface area contributed by atoms with Crippen molar-refractivity contribution < 1.29 is 18.7 Å². The second-order valence-electron chi connectivity index (χ2n) is 3.77. The van der Waals surface area contributed by atoms with Crippen LogP contribution in [0.3, 0.4) is 0 Å². The van der Waals surface area contributed by atoms with E-state index in [4.69, 9.17) is 9.47 Å². The molecule has 5 heteroatoms. The number of fused-ring (bicyclic) bond motifs is 1. The van der Waals surface area contributed by atoms with E-state index in [9.17, 15) is 9.18 Å². The molecule has 1 aromatic rings. The third-order valence-corrected chi connectivity index (χ3v) is 2.69. The molecule has 0 saturated carbocycles. The molecule has 0 saturated heterocycles. The molecule has 0 fully saturated rings. The quantitative estimate of drug-likeness (QED) is 0.860. The third kappa shape index (κ3) is 2.55. The van der Waals surface area contributed by atoms with E-state index in [1.807, 2.05) is 6.07 Å². The lowest BCUT2D eigenvalue weighted by Crippen LogP contribution is -2.26. The van der Waals surface area contributed by atoms with Gasteiger partial charge in [0.15, 0.2) is 0 Å². The van der Waals surface area contributed by atoms with Gasteiger partial charge in [0.1, 0.15) is 18.9 Å². The topological polar surface area (TPSA) is 47.6 Å².